The molecule has 2 N–H and O–H groups in total. The summed E-state index contributed by atoms with van der Waals surface area (Å²) in [6.07, 6.45) is 0.175. The van der Waals surface area contributed by atoms with Crippen LogP contribution >= 0.6 is 11.6 Å². The SMILES string of the molecule is CNC(=O)c1cc(NC(=O)CCC(=O)c2ccc(C)c(C)c2)ccc1Cl. The molecule has 136 valence electrons. The first kappa shape index (κ1) is 19.7. The Bertz CT molecular complexity index is 862. The highest BCUT2D eigenvalue weighted by molar-refractivity contribution is 6.34. The van der Waals surface area contributed by atoms with E-state index >= 15 is 0 Å². The fourth-order valence-corrected chi connectivity index (χ4v) is 2.62. The van der Waals surface area contributed by atoms with Crippen LogP contribution in [0, 0.1) is 13.8 Å². The Balaban J connectivity index is 1.97. The molecule has 2 amide bonds. The molecule has 0 aliphatic heterocycles. The van der Waals surface area contributed by atoms with Crippen molar-refractivity contribution in [3.05, 3.63) is 63.7 Å². The van der Waals surface area contributed by atoms with Crippen LogP contribution in [0.5, 0.6) is 0 Å². The van der Waals surface area contributed by atoms with Gasteiger partial charge in [-0.1, -0.05) is 23.7 Å². The normalized spacial score (nSPS) is 10.3. The molecule has 0 unspecified atom stereocenters. The summed E-state index contributed by atoms with van der Waals surface area (Å²) in [5.41, 5.74) is 3.50. The Kier molecular flexibility index (Phi) is 6.52. The van der Waals surface area contributed by atoms with E-state index in [1.165, 1.54) is 13.1 Å². The van der Waals surface area contributed by atoms with E-state index in [0.717, 1.165) is 11.1 Å². The molecule has 0 aliphatic rings. The summed E-state index contributed by atoms with van der Waals surface area (Å²) in [6.45, 7) is 3.93. The number of nitrogens with one attached hydrogen (secondary N) is 2. The van der Waals surface area contributed by atoms with Crippen LogP contribution in [0.15, 0.2) is 36.4 Å². The van der Waals surface area contributed by atoms with Gasteiger partial charge >= 0.3 is 0 Å². The van der Waals surface area contributed by atoms with Crippen LogP contribution in [-0.2, 0) is 4.79 Å². The molecule has 0 fully saturated rings. The number of aryl methyl sites for hydroxylation is 2. The van der Waals surface area contributed by atoms with Gasteiger partial charge in [0, 0.05) is 31.1 Å². The Morgan fingerprint density at radius 2 is 1.69 bits per heavy atom. The van der Waals surface area contributed by atoms with E-state index in [1.807, 2.05) is 26.0 Å². The molecular formula is C20H21ClN2O3. The number of halogens is 1. The number of carbonyl (C=O) groups is 3. The third kappa shape index (κ3) is 4.92. The van der Waals surface area contributed by atoms with Crippen molar-refractivity contribution in [1.82, 2.24) is 5.32 Å². The summed E-state index contributed by atoms with van der Waals surface area (Å²) in [6, 6.07) is 10.2. The summed E-state index contributed by atoms with van der Waals surface area (Å²) in [7, 11) is 1.50. The summed E-state index contributed by atoms with van der Waals surface area (Å²) < 4.78 is 0. The van der Waals surface area contributed by atoms with Crippen molar-refractivity contribution < 1.29 is 14.4 Å². The summed E-state index contributed by atoms with van der Waals surface area (Å²) in [4.78, 5) is 36.1. The van der Waals surface area contributed by atoms with Gasteiger partial charge in [-0.15, -0.1) is 0 Å². The zero-order valence-electron chi connectivity index (χ0n) is 15.0. The average molecular weight is 373 g/mol. The maximum atomic E-state index is 12.2. The molecule has 0 atom stereocenters. The Morgan fingerprint density at radius 3 is 2.35 bits per heavy atom. The first-order valence-electron chi connectivity index (χ1n) is 8.23. The topological polar surface area (TPSA) is 75.3 Å². The molecule has 0 saturated carbocycles. The third-order valence-electron chi connectivity index (χ3n) is 4.13. The molecule has 0 aromatic heterocycles. The molecule has 0 radical (unpaired) electrons. The lowest BCUT2D eigenvalue weighted by Gasteiger charge is -2.09. The maximum absolute atomic E-state index is 12.2. The smallest absolute Gasteiger partial charge is 0.252 e. The first-order chi connectivity index (χ1) is 12.3. The second-order valence-corrected chi connectivity index (χ2v) is 6.45. The summed E-state index contributed by atoms with van der Waals surface area (Å²) in [5, 5.41) is 5.47. The number of hydrogen-bond acceptors (Lipinski definition) is 3. The highest BCUT2D eigenvalue weighted by atomic mass is 35.5. The van der Waals surface area contributed by atoms with Gasteiger partial charge in [-0.25, -0.2) is 0 Å². The molecule has 0 aliphatic carbocycles. The number of anilines is 1. The molecule has 6 heteroatoms. The molecule has 2 rings (SSSR count). The van der Waals surface area contributed by atoms with Gasteiger partial charge < -0.3 is 10.6 Å². The lowest BCUT2D eigenvalue weighted by molar-refractivity contribution is -0.116. The van der Waals surface area contributed by atoms with Crippen molar-refractivity contribution in [2.24, 2.45) is 0 Å². The van der Waals surface area contributed by atoms with Gasteiger partial charge in [0.1, 0.15) is 0 Å². The van der Waals surface area contributed by atoms with Crippen molar-refractivity contribution in [3.63, 3.8) is 0 Å². The van der Waals surface area contributed by atoms with Crippen molar-refractivity contribution in [2.75, 3.05) is 12.4 Å². The van der Waals surface area contributed by atoms with Gasteiger partial charge in [0.2, 0.25) is 5.91 Å². The number of Topliss-reactive ketones (excluding diaryl/α,β-unsaturated/α-hetero) is 1. The van der Waals surface area contributed by atoms with E-state index < -0.39 is 0 Å². The van der Waals surface area contributed by atoms with Gasteiger partial charge in [-0.05, 0) is 49.2 Å². The number of amides is 2. The third-order valence-corrected chi connectivity index (χ3v) is 4.46. The van der Waals surface area contributed by atoms with Crippen LogP contribution in [0.1, 0.15) is 44.7 Å². The number of rotatable bonds is 6. The van der Waals surface area contributed by atoms with Crippen molar-refractivity contribution in [2.45, 2.75) is 26.7 Å². The van der Waals surface area contributed by atoms with Crippen LogP contribution in [-0.4, -0.2) is 24.6 Å². The molecule has 0 saturated heterocycles. The minimum atomic E-state index is -0.337. The zero-order valence-corrected chi connectivity index (χ0v) is 15.7. The second kappa shape index (κ2) is 8.63. The van der Waals surface area contributed by atoms with E-state index in [2.05, 4.69) is 10.6 Å². The van der Waals surface area contributed by atoms with Gasteiger partial charge in [0.15, 0.2) is 5.78 Å². The lowest BCUT2D eigenvalue weighted by Crippen LogP contribution is -2.19. The Hall–Kier alpha value is -2.66. The number of benzene rings is 2. The molecule has 0 spiro atoms. The molecule has 5 nitrogen and oxygen atoms in total. The van der Waals surface area contributed by atoms with Crippen LogP contribution in [0.25, 0.3) is 0 Å². The van der Waals surface area contributed by atoms with E-state index in [0.29, 0.717) is 16.3 Å². The molecule has 0 bridgehead atoms. The molecule has 2 aromatic rings. The highest BCUT2D eigenvalue weighted by Gasteiger charge is 2.13. The highest BCUT2D eigenvalue weighted by Crippen LogP contribution is 2.21. The van der Waals surface area contributed by atoms with E-state index in [9.17, 15) is 14.4 Å². The van der Waals surface area contributed by atoms with Crippen LogP contribution in [0.4, 0.5) is 5.69 Å². The summed E-state index contributed by atoms with van der Waals surface area (Å²) in [5.74, 6) is -0.714. The average Bonchev–Trinajstić information content (AvgIpc) is 2.62. The standard InChI is InChI=1S/C20H21ClN2O3/c1-12-4-5-14(10-13(12)2)18(24)8-9-19(25)23-15-6-7-17(21)16(11-15)20(26)22-3/h4-7,10-11H,8-9H2,1-3H3,(H,22,26)(H,23,25). The predicted octanol–water partition coefficient (Wildman–Crippen LogP) is 3.92. The quantitative estimate of drug-likeness (QED) is 0.754. The number of carbonyl (C=O) groups excluding carboxylic acids is 3. The predicted molar refractivity (Wildman–Crippen MR) is 103 cm³/mol. The fraction of sp³-hybridized carbons (Fsp3) is 0.250. The monoisotopic (exact) mass is 372 g/mol. The van der Waals surface area contributed by atoms with E-state index in [4.69, 9.17) is 11.6 Å². The van der Waals surface area contributed by atoms with Crippen LogP contribution < -0.4 is 10.6 Å². The summed E-state index contributed by atoms with van der Waals surface area (Å²) >= 11 is 5.98. The minimum Gasteiger partial charge on any atom is -0.355 e. The number of hydrogen-bond donors (Lipinski definition) is 2. The van der Waals surface area contributed by atoms with Crippen molar-refractivity contribution in [1.29, 1.82) is 0 Å². The van der Waals surface area contributed by atoms with Gasteiger partial charge in [0.25, 0.3) is 5.91 Å². The number of ketones is 1. The van der Waals surface area contributed by atoms with Crippen LogP contribution in [0.3, 0.4) is 0 Å². The largest absolute Gasteiger partial charge is 0.355 e. The lowest BCUT2D eigenvalue weighted by atomic mass is 10.0. The second-order valence-electron chi connectivity index (χ2n) is 6.04. The molecule has 26 heavy (non-hydrogen) atoms. The Morgan fingerprint density at radius 1 is 0.962 bits per heavy atom. The van der Waals surface area contributed by atoms with Crippen molar-refractivity contribution in [3.8, 4) is 0 Å². The fourth-order valence-electron chi connectivity index (χ4n) is 2.42. The molecule has 0 heterocycles. The van der Waals surface area contributed by atoms with Gasteiger partial charge in [0.05, 0.1) is 10.6 Å². The van der Waals surface area contributed by atoms with Gasteiger partial charge in [-0.2, -0.15) is 0 Å². The zero-order chi connectivity index (χ0) is 19.3. The van der Waals surface area contributed by atoms with Crippen molar-refractivity contribution >= 4 is 34.9 Å². The molecular weight excluding hydrogens is 352 g/mol. The molecule has 2 aromatic carbocycles. The van der Waals surface area contributed by atoms with E-state index in [-0.39, 0.29) is 36.0 Å². The van der Waals surface area contributed by atoms with Crippen LogP contribution in [0.2, 0.25) is 5.02 Å². The first-order valence-corrected chi connectivity index (χ1v) is 8.61. The van der Waals surface area contributed by atoms with E-state index in [1.54, 1.807) is 18.2 Å². The maximum Gasteiger partial charge on any atom is 0.252 e. The van der Waals surface area contributed by atoms with Gasteiger partial charge in [-0.3, -0.25) is 14.4 Å². The Labute approximate surface area is 157 Å². The minimum absolute atomic E-state index is 0.0592.